The molecule has 0 fully saturated rings. The maximum atomic E-state index is 13.1. The Morgan fingerprint density at radius 1 is 1.07 bits per heavy atom. The summed E-state index contributed by atoms with van der Waals surface area (Å²) in [5.74, 6) is 0.949. The molecule has 0 aliphatic rings. The van der Waals surface area contributed by atoms with E-state index in [-0.39, 0.29) is 5.56 Å². The molecule has 0 saturated carbocycles. The van der Waals surface area contributed by atoms with Crippen LogP contribution in [0.15, 0.2) is 52.4 Å². The Labute approximate surface area is 174 Å². The molecule has 0 N–H and O–H groups in total. The molecule has 0 unspecified atom stereocenters. The fraction of sp³-hybridized carbons (Fsp3) is 0.286. The third-order valence-corrected chi connectivity index (χ3v) is 5.87. The largest absolute Gasteiger partial charge is 0.416 e. The van der Waals surface area contributed by atoms with Gasteiger partial charge in [-0.3, -0.25) is 9.36 Å². The fourth-order valence-electron chi connectivity index (χ4n) is 3.35. The summed E-state index contributed by atoms with van der Waals surface area (Å²) < 4.78 is 42.7. The molecule has 30 heavy (non-hydrogen) atoms. The lowest BCUT2D eigenvalue weighted by molar-refractivity contribution is -0.137. The Morgan fingerprint density at radius 3 is 2.57 bits per heavy atom. The Morgan fingerprint density at radius 2 is 1.83 bits per heavy atom. The third-order valence-electron chi connectivity index (χ3n) is 4.89. The van der Waals surface area contributed by atoms with Crippen LogP contribution in [0, 0.1) is 0 Å². The summed E-state index contributed by atoms with van der Waals surface area (Å²) in [6.07, 6.45) is -3.65. The molecule has 2 aromatic carbocycles. The van der Waals surface area contributed by atoms with E-state index in [2.05, 4.69) is 9.97 Å². The molecular formula is C21H19F3N4OS. The zero-order valence-electron chi connectivity index (χ0n) is 16.4. The van der Waals surface area contributed by atoms with Crippen molar-refractivity contribution < 1.29 is 13.2 Å². The SMILES string of the molecule is CCCn1c(SCc2nc3ccccc3c(=O)n2C)nc2ccc(C(F)(F)F)cc21. The summed E-state index contributed by atoms with van der Waals surface area (Å²) in [5.41, 5.74) is 0.761. The van der Waals surface area contributed by atoms with Crippen molar-refractivity contribution in [1.82, 2.24) is 19.1 Å². The van der Waals surface area contributed by atoms with Gasteiger partial charge in [0, 0.05) is 13.6 Å². The van der Waals surface area contributed by atoms with Gasteiger partial charge in [-0.05, 0) is 36.8 Å². The van der Waals surface area contributed by atoms with Gasteiger partial charge in [0.15, 0.2) is 5.16 Å². The van der Waals surface area contributed by atoms with E-state index in [9.17, 15) is 18.0 Å². The molecule has 0 spiro atoms. The van der Waals surface area contributed by atoms with Crippen LogP contribution in [0.5, 0.6) is 0 Å². The van der Waals surface area contributed by atoms with Crippen molar-refractivity contribution >= 4 is 33.7 Å². The number of alkyl halides is 3. The summed E-state index contributed by atoms with van der Waals surface area (Å²) in [6.45, 7) is 2.51. The topological polar surface area (TPSA) is 52.7 Å². The highest BCUT2D eigenvalue weighted by Crippen LogP contribution is 2.33. The van der Waals surface area contributed by atoms with Crippen LogP contribution < -0.4 is 5.56 Å². The summed E-state index contributed by atoms with van der Waals surface area (Å²) in [5, 5.41) is 1.15. The highest BCUT2D eigenvalue weighted by Gasteiger charge is 2.31. The lowest BCUT2D eigenvalue weighted by Crippen LogP contribution is -2.22. The highest BCUT2D eigenvalue weighted by molar-refractivity contribution is 7.98. The van der Waals surface area contributed by atoms with Crippen LogP contribution in [0.3, 0.4) is 0 Å². The maximum absolute atomic E-state index is 13.1. The molecule has 0 saturated heterocycles. The number of hydrogen-bond acceptors (Lipinski definition) is 4. The van der Waals surface area contributed by atoms with Gasteiger partial charge in [0.25, 0.3) is 5.56 Å². The first-order chi connectivity index (χ1) is 14.3. The lowest BCUT2D eigenvalue weighted by Gasteiger charge is -2.11. The molecule has 0 radical (unpaired) electrons. The molecule has 4 aromatic rings. The Kier molecular flexibility index (Phi) is 5.31. The number of rotatable bonds is 5. The molecular weight excluding hydrogens is 413 g/mol. The van der Waals surface area contributed by atoms with Crippen LogP contribution in [-0.2, 0) is 25.5 Å². The van der Waals surface area contributed by atoms with Crippen molar-refractivity contribution in [3.63, 3.8) is 0 Å². The second kappa shape index (κ2) is 7.79. The van der Waals surface area contributed by atoms with E-state index in [4.69, 9.17) is 0 Å². The zero-order chi connectivity index (χ0) is 21.5. The van der Waals surface area contributed by atoms with Crippen LogP contribution in [0.4, 0.5) is 13.2 Å². The second-order valence-electron chi connectivity index (χ2n) is 6.95. The van der Waals surface area contributed by atoms with E-state index in [1.165, 1.54) is 22.4 Å². The quantitative estimate of drug-likeness (QED) is 0.416. The standard InChI is InChI=1S/C21H19F3N4OS/c1-3-10-28-17-11-13(21(22,23)24)8-9-16(17)26-20(28)30-12-18-25-15-7-5-4-6-14(15)19(29)27(18)2/h4-9,11H,3,10,12H2,1-2H3. The summed E-state index contributed by atoms with van der Waals surface area (Å²) in [7, 11) is 1.67. The van der Waals surface area contributed by atoms with Crippen LogP contribution in [-0.4, -0.2) is 19.1 Å². The number of imidazole rings is 1. The molecule has 4 rings (SSSR count). The molecule has 0 bridgehead atoms. The minimum absolute atomic E-state index is 0.131. The number of hydrogen-bond donors (Lipinski definition) is 0. The van der Waals surface area contributed by atoms with Crippen molar-refractivity contribution in [1.29, 1.82) is 0 Å². The molecule has 5 nitrogen and oxygen atoms in total. The van der Waals surface area contributed by atoms with Gasteiger partial charge in [0.05, 0.1) is 33.3 Å². The zero-order valence-corrected chi connectivity index (χ0v) is 17.2. The summed E-state index contributed by atoms with van der Waals surface area (Å²) in [4.78, 5) is 21.7. The van der Waals surface area contributed by atoms with Crippen LogP contribution in [0.1, 0.15) is 24.7 Å². The Bertz CT molecular complexity index is 1290. The molecule has 9 heteroatoms. The van der Waals surface area contributed by atoms with Gasteiger partial charge in [0.2, 0.25) is 0 Å². The van der Waals surface area contributed by atoms with E-state index in [1.54, 1.807) is 29.8 Å². The third kappa shape index (κ3) is 3.69. The van der Waals surface area contributed by atoms with Gasteiger partial charge in [-0.2, -0.15) is 13.2 Å². The van der Waals surface area contributed by atoms with Gasteiger partial charge < -0.3 is 4.57 Å². The summed E-state index contributed by atoms with van der Waals surface area (Å²) >= 11 is 1.36. The monoisotopic (exact) mass is 432 g/mol. The van der Waals surface area contributed by atoms with Crippen LogP contribution in [0.25, 0.3) is 21.9 Å². The number of halogens is 3. The molecule has 2 aromatic heterocycles. The maximum Gasteiger partial charge on any atom is 0.416 e. The van der Waals surface area contributed by atoms with Crippen molar-refractivity contribution in [2.24, 2.45) is 7.05 Å². The number of nitrogens with zero attached hydrogens (tertiary/aromatic N) is 4. The minimum Gasteiger partial charge on any atom is -0.319 e. The van der Waals surface area contributed by atoms with E-state index in [1.807, 2.05) is 13.0 Å². The number of fused-ring (bicyclic) bond motifs is 2. The van der Waals surface area contributed by atoms with E-state index < -0.39 is 11.7 Å². The molecule has 0 amide bonds. The number of para-hydroxylation sites is 1. The molecule has 0 atom stereocenters. The molecule has 0 aliphatic heterocycles. The highest BCUT2D eigenvalue weighted by atomic mass is 32.2. The van der Waals surface area contributed by atoms with Gasteiger partial charge in [-0.1, -0.05) is 30.8 Å². The Balaban J connectivity index is 1.72. The second-order valence-corrected chi connectivity index (χ2v) is 7.89. The Hall–Kier alpha value is -2.81. The predicted octanol–water partition coefficient (Wildman–Crippen LogP) is 5.00. The van der Waals surface area contributed by atoms with Crippen molar-refractivity contribution in [2.75, 3.05) is 0 Å². The van der Waals surface area contributed by atoms with Crippen molar-refractivity contribution in [2.45, 2.75) is 37.0 Å². The molecule has 156 valence electrons. The van der Waals surface area contributed by atoms with E-state index >= 15 is 0 Å². The first kappa shape index (κ1) is 20.5. The number of benzene rings is 2. The van der Waals surface area contributed by atoms with Crippen molar-refractivity contribution in [3.8, 4) is 0 Å². The first-order valence-electron chi connectivity index (χ1n) is 9.44. The molecule has 0 aliphatic carbocycles. The smallest absolute Gasteiger partial charge is 0.319 e. The minimum atomic E-state index is -4.41. The van der Waals surface area contributed by atoms with Crippen LogP contribution >= 0.6 is 11.8 Å². The van der Waals surface area contributed by atoms with Gasteiger partial charge in [-0.25, -0.2) is 9.97 Å². The average molecular weight is 432 g/mol. The number of aromatic nitrogens is 4. The van der Waals surface area contributed by atoms with Crippen LogP contribution in [0.2, 0.25) is 0 Å². The first-order valence-corrected chi connectivity index (χ1v) is 10.4. The predicted molar refractivity (Wildman–Crippen MR) is 112 cm³/mol. The van der Waals surface area contributed by atoms with Gasteiger partial charge in [0.1, 0.15) is 5.82 Å². The normalized spacial score (nSPS) is 12.2. The van der Waals surface area contributed by atoms with Gasteiger partial charge >= 0.3 is 6.18 Å². The van der Waals surface area contributed by atoms with E-state index in [0.717, 1.165) is 18.6 Å². The van der Waals surface area contributed by atoms with Gasteiger partial charge in [-0.15, -0.1) is 0 Å². The number of thioether (sulfide) groups is 1. The van der Waals surface area contributed by atoms with E-state index in [0.29, 0.717) is 45.2 Å². The number of aryl methyl sites for hydroxylation is 1. The van der Waals surface area contributed by atoms with Crippen molar-refractivity contribution in [3.05, 3.63) is 64.2 Å². The lowest BCUT2D eigenvalue weighted by atomic mass is 10.2. The summed E-state index contributed by atoms with van der Waals surface area (Å²) in [6, 6.07) is 10.7. The molecule has 2 heterocycles. The average Bonchev–Trinajstić information content (AvgIpc) is 3.06. The fourth-order valence-corrected chi connectivity index (χ4v) is 4.37.